The van der Waals surface area contributed by atoms with E-state index < -0.39 is 18.8 Å². The molecule has 0 amide bonds. The van der Waals surface area contributed by atoms with E-state index in [1.807, 2.05) is 12.1 Å². The van der Waals surface area contributed by atoms with Crippen LogP contribution >= 0.6 is 22.6 Å². The second kappa shape index (κ2) is 4.88. The van der Waals surface area contributed by atoms with Crippen LogP contribution in [0.15, 0.2) is 24.3 Å². The molecule has 0 spiro atoms. The highest BCUT2D eigenvalue weighted by molar-refractivity contribution is 14.1. The van der Waals surface area contributed by atoms with Crippen molar-refractivity contribution < 1.29 is 9.50 Å². The van der Waals surface area contributed by atoms with Crippen LogP contribution in [-0.4, -0.2) is 17.8 Å². The van der Waals surface area contributed by atoms with Gasteiger partial charge in [0.15, 0.2) is 0 Å². The fourth-order valence-electron chi connectivity index (χ4n) is 0.992. The summed E-state index contributed by atoms with van der Waals surface area (Å²) in [7, 11) is 0. The first kappa shape index (κ1) is 10.9. The average Bonchev–Trinajstić information content (AvgIpc) is 2.17. The number of halogens is 2. The van der Waals surface area contributed by atoms with E-state index in [2.05, 4.69) is 22.6 Å². The molecule has 0 fully saturated rings. The Morgan fingerprint density at radius 3 is 2.38 bits per heavy atom. The molecule has 0 saturated heterocycles. The van der Waals surface area contributed by atoms with Gasteiger partial charge in [-0.2, -0.15) is 0 Å². The Bertz CT molecular complexity index is 265. The summed E-state index contributed by atoms with van der Waals surface area (Å²) in [5.41, 5.74) is 6.02. The van der Waals surface area contributed by atoms with Crippen molar-refractivity contribution in [3.63, 3.8) is 0 Å². The summed E-state index contributed by atoms with van der Waals surface area (Å²) in [6.07, 6.45) is -0.915. The molecule has 0 saturated carbocycles. The standard InChI is InChI=1S/C9H11FINO/c10-5-8(12)9(13)6-1-3-7(11)4-2-6/h1-4,8-9,13H,5,12H2/t8?,9-/m1/s1. The van der Waals surface area contributed by atoms with Crippen molar-refractivity contribution in [3.05, 3.63) is 33.4 Å². The third kappa shape index (κ3) is 2.89. The number of rotatable bonds is 3. The summed E-state index contributed by atoms with van der Waals surface area (Å²) in [6.45, 7) is -0.715. The first-order valence-electron chi connectivity index (χ1n) is 3.90. The number of aliphatic hydroxyl groups is 1. The van der Waals surface area contributed by atoms with Gasteiger partial charge in [0.25, 0.3) is 0 Å². The molecule has 72 valence electrons. The van der Waals surface area contributed by atoms with Crippen molar-refractivity contribution in [2.45, 2.75) is 12.1 Å². The Morgan fingerprint density at radius 2 is 1.92 bits per heavy atom. The van der Waals surface area contributed by atoms with Gasteiger partial charge in [-0.1, -0.05) is 12.1 Å². The van der Waals surface area contributed by atoms with Crippen molar-refractivity contribution >= 4 is 22.6 Å². The van der Waals surface area contributed by atoms with Gasteiger partial charge in [-0.15, -0.1) is 0 Å². The van der Waals surface area contributed by atoms with Gasteiger partial charge >= 0.3 is 0 Å². The van der Waals surface area contributed by atoms with Gasteiger partial charge in [0, 0.05) is 3.57 Å². The Hall–Kier alpha value is -0.200. The molecule has 4 heteroatoms. The van der Waals surface area contributed by atoms with Crippen molar-refractivity contribution in [1.82, 2.24) is 0 Å². The van der Waals surface area contributed by atoms with Crippen LogP contribution in [0.25, 0.3) is 0 Å². The molecule has 0 heterocycles. The average molecular weight is 295 g/mol. The Balaban J connectivity index is 2.77. The van der Waals surface area contributed by atoms with E-state index in [-0.39, 0.29) is 0 Å². The molecule has 0 aromatic heterocycles. The van der Waals surface area contributed by atoms with Crippen LogP contribution in [0.4, 0.5) is 4.39 Å². The quantitative estimate of drug-likeness (QED) is 0.832. The van der Waals surface area contributed by atoms with Crippen molar-refractivity contribution in [1.29, 1.82) is 0 Å². The zero-order valence-electron chi connectivity index (χ0n) is 6.95. The number of aliphatic hydroxyl groups excluding tert-OH is 1. The molecule has 1 unspecified atom stereocenters. The van der Waals surface area contributed by atoms with Crippen LogP contribution < -0.4 is 5.73 Å². The molecule has 3 N–H and O–H groups in total. The summed E-state index contributed by atoms with van der Waals surface area (Å²) in [5, 5.41) is 9.51. The lowest BCUT2D eigenvalue weighted by molar-refractivity contribution is 0.132. The molecule has 13 heavy (non-hydrogen) atoms. The van der Waals surface area contributed by atoms with Crippen molar-refractivity contribution in [3.8, 4) is 0 Å². The minimum atomic E-state index is -0.915. The highest BCUT2D eigenvalue weighted by Gasteiger charge is 2.15. The molecular weight excluding hydrogens is 284 g/mol. The third-order valence-electron chi connectivity index (χ3n) is 1.80. The van der Waals surface area contributed by atoms with E-state index >= 15 is 0 Å². The Labute approximate surface area is 90.1 Å². The van der Waals surface area contributed by atoms with E-state index in [4.69, 9.17) is 5.73 Å². The maximum atomic E-state index is 12.1. The van der Waals surface area contributed by atoms with Gasteiger partial charge in [-0.25, -0.2) is 4.39 Å². The zero-order chi connectivity index (χ0) is 9.84. The monoisotopic (exact) mass is 295 g/mol. The van der Waals surface area contributed by atoms with Crippen LogP contribution in [0.2, 0.25) is 0 Å². The molecule has 2 nitrogen and oxygen atoms in total. The van der Waals surface area contributed by atoms with Gasteiger partial charge < -0.3 is 10.8 Å². The summed E-state index contributed by atoms with van der Waals surface area (Å²) in [6, 6.07) is 6.37. The minimum Gasteiger partial charge on any atom is -0.387 e. The molecule has 0 aliphatic carbocycles. The van der Waals surface area contributed by atoms with Gasteiger partial charge in [0.05, 0.1) is 12.1 Å². The van der Waals surface area contributed by atoms with Crippen LogP contribution in [0.1, 0.15) is 11.7 Å². The van der Waals surface area contributed by atoms with Gasteiger partial charge in [0.1, 0.15) is 6.67 Å². The first-order chi connectivity index (χ1) is 6.15. The molecule has 0 aliphatic heterocycles. The number of hydrogen-bond donors (Lipinski definition) is 2. The zero-order valence-corrected chi connectivity index (χ0v) is 9.11. The van der Waals surface area contributed by atoms with E-state index in [0.717, 1.165) is 3.57 Å². The number of alkyl halides is 1. The summed E-state index contributed by atoms with van der Waals surface area (Å²) in [5.74, 6) is 0. The Kier molecular flexibility index (Phi) is 4.08. The summed E-state index contributed by atoms with van der Waals surface area (Å²) in [4.78, 5) is 0. The molecular formula is C9H11FINO. The highest BCUT2D eigenvalue weighted by Crippen LogP contribution is 2.17. The van der Waals surface area contributed by atoms with Crippen molar-refractivity contribution in [2.75, 3.05) is 6.67 Å². The van der Waals surface area contributed by atoms with Gasteiger partial charge in [-0.05, 0) is 40.3 Å². The summed E-state index contributed by atoms with van der Waals surface area (Å²) < 4.78 is 13.2. The normalized spacial score (nSPS) is 15.4. The lowest BCUT2D eigenvalue weighted by atomic mass is 10.0. The van der Waals surface area contributed by atoms with Crippen molar-refractivity contribution in [2.24, 2.45) is 5.73 Å². The second-order valence-electron chi connectivity index (χ2n) is 2.81. The maximum absolute atomic E-state index is 12.1. The number of benzene rings is 1. The Morgan fingerprint density at radius 1 is 1.38 bits per heavy atom. The molecule has 0 bridgehead atoms. The van der Waals surface area contributed by atoms with Gasteiger partial charge in [0.2, 0.25) is 0 Å². The van der Waals surface area contributed by atoms with Crippen LogP contribution in [-0.2, 0) is 0 Å². The third-order valence-corrected chi connectivity index (χ3v) is 2.51. The van der Waals surface area contributed by atoms with Crippen LogP contribution in [0.3, 0.4) is 0 Å². The minimum absolute atomic E-state index is 0.658. The molecule has 0 radical (unpaired) electrons. The molecule has 0 aliphatic rings. The second-order valence-corrected chi connectivity index (χ2v) is 4.06. The van der Waals surface area contributed by atoms with Crippen LogP contribution in [0.5, 0.6) is 0 Å². The highest BCUT2D eigenvalue weighted by atomic mass is 127. The maximum Gasteiger partial charge on any atom is 0.107 e. The fraction of sp³-hybridized carbons (Fsp3) is 0.333. The number of hydrogen-bond acceptors (Lipinski definition) is 2. The van der Waals surface area contributed by atoms with E-state index in [0.29, 0.717) is 5.56 Å². The van der Waals surface area contributed by atoms with Gasteiger partial charge in [-0.3, -0.25) is 0 Å². The number of nitrogens with two attached hydrogens (primary N) is 1. The fourth-order valence-corrected chi connectivity index (χ4v) is 1.35. The molecule has 2 atom stereocenters. The predicted octanol–water partition coefficient (Wildman–Crippen LogP) is 1.62. The smallest absolute Gasteiger partial charge is 0.107 e. The van der Waals surface area contributed by atoms with E-state index in [1.165, 1.54) is 0 Å². The SMILES string of the molecule is NC(CF)[C@H](O)c1ccc(I)cc1. The molecule has 1 aromatic rings. The predicted molar refractivity (Wildman–Crippen MR) is 58.1 cm³/mol. The van der Waals surface area contributed by atoms with Crippen LogP contribution in [0, 0.1) is 3.57 Å². The lowest BCUT2D eigenvalue weighted by Crippen LogP contribution is -2.30. The lowest BCUT2D eigenvalue weighted by Gasteiger charge is -2.15. The largest absolute Gasteiger partial charge is 0.387 e. The summed E-state index contributed by atoms with van der Waals surface area (Å²) >= 11 is 2.16. The first-order valence-corrected chi connectivity index (χ1v) is 4.98. The molecule has 1 rings (SSSR count). The topological polar surface area (TPSA) is 46.2 Å². The molecule has 1 aromatic carbocycles. The van der Waals surface area contributed by atoms with E-state index in [1.54, 1.807) is 12.1 Å². The van der Waals surface area contributed by atoms with E-state index in [9.17, 15) is 9.50 Å².